The summed E-state index contributed by atoms with van der Waals surface area (Å²) >= 11 is 0. The van der Waals surface area contributed by atoms with Crippen LogP contribution in [-0.4, -0.2) is 64.7 Å². The van der Waals surface area contributed by atoms with E-state index in [-0.39, 0.29) is 17.6 Å². The third-order valence-electron chi connectivity index (χ3n) is 5.54. The smallest absolute Gasteiger partial charge is 0.300 e. The van der Waals surface area contributed by atoms with Crippen molar-refractivity contribution in [1.82, 2.24) is 9.80 Å². The summed E-state index contributed by atoms with van der Waals surface area (Å²) in [5, 5.41) is 14.9. The quantitative estimate of drug-likeness (QED) is 0.396. The Labute approximate surface area is 204 Å². The molecule has 0 spiro atoms. The summed E-state index contributed by atoms with van der Waals surface area (Å²) in [6.07, 6.45) is 0. The highest BCUT2D eigenvalue weighted by Crippen LogP contribution is 2.20. The van der Waals surface area contributed by atoms with Crippen LogP contribution in [0.4, 0.5) is 0 Å². The number of benzene rings is 3. The van der Waals surface area contributed by atoms with Crippen molar-refractivity contribution in [1.29, 1.82) is 5.41 Å². The maximum absolute atomic E-state index is 12.9. The molecule has 2 amide bonds. The number of carbonyl (C=O) groups excluding carboxylic acids is 2. The molecule has 8 heteroatoms. The van der Waals surface area contributed by atoms with E-state index in [1.54, 1.807) is 34.1 Å². The molecule has 3 aromatic rings. The average molecular weight is 473 g/mol. The number of amides is 2. The molecule has 0 aromatic heterocycles. The molecular formula is C27H28N4O4. The summed E-state index contributed by atoms with van der Waals surface area (Å²) in [5.74, 6) is -0.949. The zero-order valence-corrected chi connectivity index (χ0v) is 19.5. The Kier molecular flexibility index (Phi) is 8.34. The maximum atomic E-state index is 12.9. The number of carboxylic acid groups (broad SMARTS) is 1. The van der Waals surface area contributed by atoms with Crippen molar-refractivity contribution in [3.8, 4) is 11.1 Å². The van der Waals surface area contributed by atoms with Gasteiger partial charge in [0.05, 0.1) is 0 Å². The summed E-state index contributed by atoms with van der Waals surface area (Å²) in [7, 11) is 0. The van der Waals surface area contributed by atoms with Gasteiger partial charge in [-0.25, -0.2) is 0 Å². The van der Waals surface area contributed by atoms with E-state index in [1.807, 2.05) is 54.6 Å². The van der Waals surface area contributed by atoms with Gasteiger partial charge in [-0.15, -0.1) is 0 Å². The van der Waals surface area contributed by atoms with E-state index in [9.17, 15) is 9.59 Å². The van der Waals surface area contributed by atoms with Gasteiger partial charge in [0.2, 0.25) is 0 Å². The van der Waals surface area contributed by atoms with Crippen LogP contribution in [-0.2, 0) is 4.79 Å². The molecule has 0 atom stereocenters. The number of piperazine rings is 1. The molecule has 4 rings (SSSR count). The zero-order valence-electron chi connectivity index (χ0n) is 19.5. The molecule has 1 saturated heterocycles. The van der Waals surface area contributed by atoms with E-state index < -0.39 is 5.97 Å². The van der Waals surface area contributed by atoms with Crippen LogP contribution < -0.4 is 5.73 Å². The Hall–Kier alpha value is -4.46. The first-order valence-corrected chi connectivity index (χ1v) is 11.1. The second kappa shape index (κ2) is 11.6. The summed E-state index contributed by atoms with van der Waals surface area (Å²) in [6.45, 7) is 3.05. The number of amidine groups is 1. The molecule has 0 aliphatic carbocycles. The lowest BCUT2D eigenvalue weighted by molar-refractivity contribution is -0.134. The number of rotatable bonds is 4. The fraction of sp³-hybridized carbons (Fsp3) is 0.185. The minimum Gasteiger partial charge on any atom is -0.481 e. The number of aliphatic carboxylic acids is 1. The lowest BCUT2D eigenvalue weighted by atomic mass is 10.0. The molecule has 180 valence electrons. The Balaban J connectivity index is 0.000000795. The molecule has 4 N–H and O–H groups in total. The Morgan fingerprint density at radius 3 is 1.43 bits per heavy atom. The van der Waals surface area contributed by atoms with E-state index in [0.29, 0.717) is 42.9 Å². The van der Waals surface area contributed by atoms with E-state index in [0.717, 1.165) is 18.1 Å². The molecule has 8 nitrogen and oxygen atoms in total. The van der Waals surface area contributed by atoms with Gasteiger partial charge in [0.25, 0.3) is 17.8 Å². The van der Waals surface area contributed by atoms with Gasteiger partial charge in [-0.3, -0.25) is 19.8 Å². The predicted octanol–water partition coefficient (Wildman–Crippen LogP) is 3.33. The van der Waals surface area contributed by atoms with Gasteiger partial charge in [-0.2, -0.15) is 0 Å². The van der Waals surface area contributed by atoms with Crippen molar-refractivity contribution in [2.24, 2.45) is 5.73 Å². The summed E-state index contributed by atoms with van der Waals surface area (Å²) in [5.41, 5.74) is 9.45. The Bertz CT molecular complexity index is 1180. The number of hydrogen-bond acceptors (Lipinski definition) is 4. The second-order valence-corrected chi connectivity index (χ2v) is 8.04. The van der Waals surface area contributed by atoms with E-state index in [2.05, 4.69) is 0 Å². The molecule has 1 fully saturated rings. The predicted molar refractivity (Wildman–Crippen MR) is 134 cm³/mol. The first-order valence-electron chi connectivity index (χ1n) is 11.1. The van der Waals surface area contributed by atoms with Crippen LogP contribution in [0.1, 0.15) is 33.2 Å². The summed E-state index contributed by atoms with van der Waals surface area (Å²) < 4.78 is 0. The normalized spacial score (nSPS) is 12.8. The zero-order chi connectivity index (χ0) is 25.4. The average Bonchev–Trinajstić information content (AvgIpc) is 2.88. The van der Waals surface area contributed by atoms with Crippen molar-refractivity contribution < 1.29 is 19.5 Å². The van der Waals surface area contributed by atoms with Gasteiger partial charge in [0, 0.05) is 49.8 Å². The first-order chi connectivity index (χ1) is 16.8. The van der Waals surface area contributed by atoms with Crippen molar-refractivity contribution in [3.05, 3.63) is 95.6 Å². The SMILES string of the molecule is CC(=O)O.N=C(N)c1ccc(C(=O)N2CCN(C(=O)c3ccc(-c4ccccc4)cc3)CC2)cc1. The van der Waals surface area contributed by atoms with E-state index >= 15 is 0 Å². The lowest BCUT2D eigenvalue weighted by Crippen LogP contribution is -2.50. The third kappa shape index (κ3) is 6.77. The molecule has 0 radical (unpaired) electrons. The van der Waals surface area contributed by atoms with Crippen LogP contribution in [0.25, 0.3) is 11.1 Å². The molecule has 1 aliphatic heterocycles. The Morgan fingerprint density at radius 1 is 0.686 bits per heavy atom. The lowest BCUT2D eigenvalue weighted by Gasteiger charge is -2.35. The van der Waals surface area contributed by atoms with Crippen LogP contribution in [0.2, 0.25) is 0 Å². The van der Waals surface area contributed by atoms with Crippen molar-refractivity contribution in [2.45, 2.75) is 6.92 Å². The highest BCUT2D eigenvalue weighted by atomic mass is 16.4. The summed E-state index contributed by atoms with van der Waals surface area (Å²) in [6, 6.07) is 24.4. The molecule has 1 aliphatic rings. The number of carbonyl (C=O) groups is 3. The van der Waals surface area contributed by atoms with Crippen LogP contribution in [0.15, 0.2) is 78.9 Å². The minimum absolute atomic E-state index is 0.0162. The van der Waals surface area contributed by atoms with Crippen LogP contribution in [0.5, 0.6) is 0 Å². The van der Waals surface area contributed by atoms with Crippen molar-refractivity contribution in [3.63, 3.8) is 0 Å². The number of nitrogens with one attached hydrogen (secondary N) is 1. The largest absolute Gasteiger partial charge is 0.481 e. The fourth-order valence-electron chi connectivity index (χ4n) is 3.71. The van der Waals surface area contributed by atoms with Gasteiger partial charge < -0.3 is 20.6 Å². The van der Waals surface area contributed by atoms with E-state index in [1.165, 1.54) is 0 Å². The maximum Gasteiger partial charge on any atom is 0.300 e. The molecular weight excluding hydrogens is 444 g/mol. The third-order valence-corrected chi connectivity index (χ3v) is 5.54. The van der Waals surface area contributed by atoms with Gasteiger partial charge in [0.15, 0.2) is 0 Å². The van der Waals surface area contributed by atoms with Gasteiger partial charge >= 0.3 is 0 Å². The fourth-order valence-corrected chi connectivity index (χ4v) is 3.71. The standard InChI is InChI=1S/C25H24N4O2.C2H4O2/c26-23(27)20-8-12-22(13-9-20)25(31)29-16-14-28(15-17-29)24(30)21-10-6-19(7-11-21)18-4-2-1-3-5-18;1-2(3)4/h1-13H,14-17H2,(H3,26,27);1H3,(H,3,4). The first kappa shape index (κ1) is 25.2. The molecule has 3 aromatic carbocycles. The number of nitrogens with zero attached hydrogens (tertiary/aromatic N) is 2. The van der Waals surface area contributed by atoms with Crippen LogP contribution in [0.3, 0.4) is 0 Å². The highest BCUT2D eigenvalue weighted by Gasteiger charge is 2.25. The number of hydrogen-bond donors (Lipinski definition) is 3. The second-order valence-electron chi connectivity index (χ2n) is 8.04. The highest BCUT2D eigenvalue weighted by molar-refractivity contribution is 5.98. The van der Waals surface area contributed by atoms with Gasteiger partial charge in [-0.1, -0.05) is 54.6 Å². The van der Waals surface area contributed by atoms with Crippen molar-refractivity contribution >= 4 is 23.6 Å². The van der Waals surface area contributed by atoms with Crippen LogP contribution in [0, 0.1) is 5.41 Å². The van der Waals surface area contributed by atoms with Crippen molar-refractivity contribution in [2.75, 3.05) is 26.2 Å². The van der Waals surface area contributed by atoms with Gasteiger partial charge in [-0.05, 0) is 35.4 Å². The summed E-state index contributed by atoms with van der Waals surface area (Å²) in [4.78, 5) is 38.2. The molecule has 1 heterocycles. The molecule has 0 unspecified atom stereocenters. The topological polar surface area (TPSA) is 128 Å². The number of nitrogen functional groups attached to an aromatic ring is 1. The molecule has 35 heavy (non-hydrogen) atoms. The molecule has 0 bridgehead atoms. The number of nitrogens with two attached hydrogens (primary N) is 1. The van der Waals surface area contributed by atoms with Crippen LogP contribution >= 0.6 is 0 Å². The Morgan fingerprint density at radius 2 is 1.03 bits per heavy atom. The van der Waals surface area contributed by atoms with E-state index in [4.69, 9.17) is 21.0 Å². The minimum atomic E-state index is -0.833. The number of carboxylic acids is 1. The molecule has 0 saturated carbocycles. The van der Waals surface area contributed by atoms with Gasteiger partial charge in [0.1, 0.15) is 5.84 Å². The monoisotopic (exact) mass is 472 g/mol.